The number of anilines is 1. The van der Waals surface area contributed by atoms with Crippen LogP contribution in [0.1, 0.15) is 25.0 Å². The minimum absolute atomic E-state index is 0.166. The van der Waals surface area contributed by atoms with Gasteiger partial charge in [-0.25, -0.2) is 18.1 Å². The average molecular weight is 355 g/mol. The molecule has 0 spiro atoms. The Bertz CT molecular complexity index is 648. The molecule has 1 aliphatic rings. The lowest BCUT2D eigenvalue weighted by Crippen LogP contribution is -2.40. The molecule has 2 N–H and O–H groups in total. The molecule has 1 atom stereocenters. The Morgan fingerprint density at radius 1 is 1.29 bits per heavy atom. The van der Waals surface area contributed by atoms with Crippen molar-refractivity contribution in [2.24, 2.45) is 5.92 Å². The van der Waals surface area contributed by atoms with Crippen LogP contribution in [-0.2, 0) is 21.2 Å². The van der Waals surface area contributed by atoms with Crippen molar-refractivity contribution in [1.82, 2.24) is 19.6 Å². The van der Waals surface area contributed by atoms with E-state index in [0.29, 0.717) is 19.0 Å². The molecule has 0 unspecified atom stereocenters. The maximum absolute atomic E-state index is 12.1. The average Bonchev–Trinajstić information content (AvgIpc) is 2.78. The zero-order valence-electron chi connectivity index (χ0n) is 14.2. The molecule has 0 radical (unpaired) electrons. The van der Waals surface area contributed by atoms with Gasteiger partial charge >= 0.3 is 0 Å². The van der Waals surface area contributed by atoms with Crippen molar-refractivity contribution in [3.05, 3.63) is 18.1 Å². The summed E-state index contributed by atoms with van der Waals surface area (Å²) in [7, 11) is -1.54. The highest BCUT2D eigenvalue weighted by Crippen LogP contribution is 2.21. The smallest absolute Gasteiger partial charge is 0.237 e. The number of nitrogens with zero attached hydrogens (tertiary/aromatic N) is 3. The molecule has 0 aromatic carbocycles. The molecule has 24 heavy (non-hydrogen) atoms. The third-order valence-corrected chi connectivity index (χ3v) is 4.81. The van der Waals surface area contributed by atoms with E-state index in [-0.39, 0.29) is 12.5 Å². The van der Waals surface area contributed by atoms with E-state index in [1.54, 1.807) is 24.3 Å². The molecule has 1 amide bonds. The Morgan fingerprint density at radius 2 is 2.08 bits per heavy atom. The lowest BCUT2D eigenvalue weighted by atomic mass is 9.95. The van der Waals surface area contributed by atoms with Gasteiger partial charge in [0.15, 0.2) is 0 Å². The molecule has 0 aliphatic carbocycles. The number of nitrogens with one attached hydrogen (secondary N) is 2. The molecular formula is C15H25N5O3S. The van der Waals surface area contributed by atoms with Gasteiger partial charge in [-0.1, -0.05) is 0 Å². The second-order valence-corrected chi connectivity index (χ2v) is 7.95. The standard InChI is InChI=1S/C15H25N5O3S/c1-16-14-10-17-13(9-18-14)8-12-4-3-6-20(7-5-12)15(21)11-19-24(2,22)23/h9-10,12,19H,3-8,11H2,1-2H3,(H,16,18)/t12-/m0/s1. The van der Waals surface area contributed by atoms with Crippen LogP contribution in [0.5, 0.6) is 0 Å². The third kappa shape index (κ3) is 6.04. The van der Waals surface area contributed by atoms with E-state index >= 15 is 0 Å². The number of rotatable bonds is 6. The van der Waals surface area contributed by atoms with Crippen molar-refractivity contribution in [2.75, 3.05) is 38.3 Å². The minimum Gasteiger partial charge on any atom is -0.372 e. The zero-order valence-corrected chi connectivity index (χ0v) is 15.0. The second-order valence-electron chi connectivity index (χ2n) is 6.12. The third-order valence-electron chi connectivity index (χ3n) is 4.15. The van der Waals surface area contributed by atoms with Crippen LogP contribution in [-0.4, -0.2) is 62.1 Å². The van der Waals surface area contributed by atoms with Crippen LogP contribution in [0.25, 0.3) is 0 Å². The van der Waals surface area contributed by atoms with Crippen molar-refractivity contribution in [2.45, 2.75) is 25.7 Å². The van der Waals surface area contributed by atoms with Gasteiger partial charge in [-0.15, -0.1) is 0 Å². The molecule has 134 valence electrons. The van der Waals surface area contributed by atoms with Gasteiger partial charge in [0.25, 0.3) is 0 Å². The highest BCUT2D eigenvalue weighted by atomic mass is 32.2. The first kappa shape index (κ1) is 18.6. The maximum Gasteiger partial charge on any atom is 0.237 e. The van der Waals surface area contributed by atoms with Crippen molar-refractivity contribution in [1.29, 1.82) is 0 Å². The van der Waals surface area contributed by atoms with Gasteiger partial charge in [0, 0.05) is 20.1 Å². The number of carbonyl (C=O) groups excluding carboxylic acids is 1. The van der Waals surface area contributed by atoms with Crippen molar-refractivity contribution in [3.8, 4) is 0 Å². The van der Waals surface area contributed by atoms with Crippen molar-refractivity contribution in [3.63, 3.8) is 0 Å². The quantitative estimate of drug-likeness (QED) is 0.757. The lowest BCUT2D eigenvalue weighted by molar-refractivity contribution is -0.129. The number of amides is 1. The Balaban J connectivity index is 1.84. The summed E-state index contributed by atoms with van der Waals surface area (Å²) < 4.78 is 24.4. The van der Waals surface area contributed by atoms with Crippen LogP contribution in [0, 0.1) is 5.92 Å². The van der Waals surface area contributed by atoms with Gasteiger partial charge in [-0.3, -0.25) is 9.78 Å². The van der Waals surface area contributed by atoms with Crippen molar-refractivity contribution >= 4 is 21.7 Å². The molecule has 1 aromatic rings. The Kier molecular flexibility index (Phi) is 6.50. The van der Waals surface area contributed by atoms with Crippen molar-refractivity contribution < 1.29 is 13.2 Å². The number of sulfonamides is 1. The lowest BCUT2D eigenvalue weighted by Gasteiger charge is -2.20. The molecule has 9 heteroatoms. The second kappa shape index (κ2) is 8.39. The van der Waals surface area contributed by atoms with Gasteiger partial charge in [0.1, 0.15) is 5.82 Å². The number of hydrogen-bond donors (Lipinski definition) is 2. The predicted molar refractivity (Wildman–Crippen MR) is 92.1 cm³/mol. The molecular weight excluding hydrogens is 330 g/mol. The fourth-order valence-electron chi connectivity index (χ4n) is 2.81. The number of carbonyl (C=O) groups is 1. The summed E-state index contributed by atoms with van der Waals surface area (Å²) in [6.07, 6.45) is 8.24. The summed E-state index contributed by atoms with van der Waals surface area (Å²) in [6.45, 7) is 1.16. The number of aromatic nitrogens is 2. The fraction of sp³-hybridized carbons (Fsp3) is 0.667. The summed E-state index contributed by atoms with van der Waals surface area (Å²) in [4.78, 5) is 22.5. The maximum atomic E-state index is 12.1. The number of hydrogen-bond acceptors (Lipinski definition) is 6. The van der Waals surface area contributed by atoms with Gasteiger partial charge in [0.2, 0.25) is 15.9 Å². The fourth-order valence-corrected chi connectivity index (χ4v) is 3.19. The van der Waals surface area contributed by atoms with E-state index in [0.717, 1.165) is 43.5 Å². The van der Waals surface area contributed by atoms with Gasteiger partial charge in [-0.2, -0.15) is 0 Å². The first-order valence-corrected chi connectivity index (χ1v) is 9.97. The van der Waals surface area contributed by atoms with E-state index in [9.17, 15) is 13.2 Å². The minimum atomic E-state index is -3.34. The van der Waals surface area contributed by atoms with E-state index in [2.05, 4.69) is 20.0 Å². The first-order chi connectivity index (χ1) is 11.4. The largest absolute Gasteiger partial charge is 0.372 e. The molecule has 1 aliphatic heterocycles. The summed E-state index contributed by atoms with van der Waals surface area (Å²) in [6, 6.07) is 0. The normalized spacial score (nSPS) is 18.9. The molecule has 0 saturated carbocycles. The Morgan fingerprint density at radius 3 is 2.71 bits per heavy atom. The molecule has 8 nitrogen and oxygen atoms in total. The van der Waals surface area contributed by atoms with E-state index < -0.39 is 10.0 Å². The SMILES string of the molecule is CNc1cnc(C[C@H]2CCCN(C(=O)CNS(C)(=O)=O)CC2)cn1. The van der Waals surface area contributed by atoms with Gasteiger partial charge in [0.05, 0.1) is 30.9 Å². The monoisotopic (exact) mass is 355 g/mol. The summed E-state index contributed by atoms with van der Waals surface area (Å²) in [5.41, 5.74) is 0.956. The van der Waals surface area contributed by atoms with Gasteiger partial charge < -0.3 is 10.2 Å². The highest BCUT2D eigenvalue weighted by molar-refractivity contribution is 7.88. The predicted octanol–water partition coefficient (Wildman–Crippen LogP) is 0.239. The molecule has 0 bridgehead atoms. The van der Waals surface area contributed by atoms with E-state index in [1.165, 1.54) is 0 Å². The van der Waals surface area contributed by atoms with Crippen LogP contribution >= 0.6 is 0 Å². The van der Waals surface area contributed by atoms with Crippen LogP contribution in [0.3, 0.4) is 0 Å². The Hall–Kier alpha value is -1.74. The van der Waals surface area contributed by atoms with Crippen LogP contribution < -0.4 is 10.0 Å². The van der Waals surface area contributed by atoms with Crippen LogP contribution in [0.15, 0.2) is 12.4 Å². The first-order valence-electron chi connectivity index (χ1n) is 8.08. The van der Waals surface area contributed by atoms with Gasteiger partial charge in [-0.05, 0) is 31.6 Å². The van der Waals surface area contributed by atoms with Crippen LogP contribution in [0.2, 0.25) is 0 Å². The van der Waals surface area contributed by atoms with E-state index in [1.807, 2.05) is 0 Å². The zero-order chi connectivity index (χ0) is 17.6. The molecule has 2 rings (SSSR count). The highest BCUT2D eigenvalue weighted by Gasteiger charge is 2.21. The molecule has 1 aromatic heterocycles. The summed E-state index contributed by atoms with van der Waals surface area (Å²) >= 11 is 0. The van der Waals surface area contributed by atoms with E-state index in [4.69, 9.17) is 0 Å². The summed E-state index contributed by atoms with van der Waals surface area (Å²) in [5.74, 6) is 1.04. The molecule has 1 fully saturated rings. The summed E-state index contributed by atoms with van der Waals surface area (Å²) in [5, 5.41) is 2.94. The molecule has 2 heterocycles. The molecule has 1 saturated heterocycles. The number of likely N-dealkylation sites (tertiary alicyclic amines) is 1. The topological polar surface area (TPSA) is 104 Å². The Labute approximate surface area is 143 Å². The van der Waals surface area contributed by atoms with Crippen LogP contribution in [0.4, 0.5) is 5.82 Å².